The molecule has 19 heavy (non-hydrogen) atoms. The molecule has 2 atom stereocenters. The van der Waals surface area contributed by atoms with Crippen LogP contribution < -0.4 is 0 Å². The Morgan fingerprint density at radius 2 is 1.95 bits per heavy atom. The van der Waals surface area contributed by atoms with Gasteiger partial charge in [0.2, 0.25) is 0 Å². The average Bonchev–Trinajstić information content (AvgIpc) is 2.31. The summed E-state index contributed by atoms with van der Waals surface area (Å²) in [6, 6.07) is 7.90. The molecule has 0 saturated heterocycles. The molecule has 2 nitrogen and oxygen atoms in total. The van der Waals surface area contributed by atoms with Crippen LogP contribution in [0.2, 0.25) is 0 Å². The van der Waals surface area contributed by atoms with Crippen LogP contribution in [0.25, 0.3) is 0 Å². The molecule has 0 aliphatic rings. The summed E-state index contributed by atoms with van der Waals surface area (Å²) >= 11 is 0. The van der Waals surface area contributed by atoms with Crippen LogP contribution in [0.5, 0.6) is 0 Å². The molecule has 102 valence electrons. The van der Waals surface area contributed by atoms with Crippen molar-refractivity contribution in [2.75, 3.05) is 0 Å². The maximum Gasteiger partial charge on any atom is 0.154 e. The number of carbonyl (C=O) groups is 1. The number of rotatable bonds is 4. The summed E-state index contributed by atoms with van der Waals surface area (Å²) in [6.45, 7) is 8.13. The average molecular weight is 261 g/mol. The predicted octanol–water partition coefficient (Wildman–Crippen LogP) is 4.07. The number of benzene rings is 1. The molecule has 0 saturated carbocycles. The summed E-state index contributed by atoms with van der Waals surface area (Å²) in [6.07, 6.45) is 0.288. The Hall–Kier alpha value is -1.69. The van der Waals surface area contributed by atoms with Crippen LogP contribution in [-0.4, -0.2) is 5.78 Å². The molecule has 1 rings (SSSR count). The lowest BCUT2D eigenvalue weighted by Gasteiger charge is -2.27. The van der Waals surface area contributed by atoms with E-state index in [1.807, 2.05) is 13.0 Å². The minimum atomic E-state index is -1.01. The predicted molar refractivity (Wildman–Crippen MR) is 73.0 cm³/mol. The Kier molecular flexibility index (Phi) is 4.83. The van der Waals surface area contributed by atoms with E-state index in [0.29, 0.717) is 0 Å². The highest BCUT2D eigenvalue weighted by molar-refractivity contribution is 5.88. The van der Waals surface area contributed by atoms with Crippen LogP contribution in [0.3, 0.4) is 0 Å². The molecule has 0 aliphatic heterocycles. The number of nitrogens with zero attached hydrogens (tertiary/aromatic N) is 1. The van der Waals surface area contributed by atoms with Gasteiger partial charge in [-0.2, -0.15) is 5.26 Å². The highest BCUT2D eigenvalue weighted by Crippen LogP contribution is 2.31. The van der Waals surface area contributed by atoms with Crippen LogP contribution in [0, 0.1) is 28.5 Å². The first kappa shape index (κ1) is 15.4. The van der Waals surface area contributed by atoms with Gasteiger partial charge >= 0.3 is 0 Å². The van der Waals surface area contributed by atoms with E-state index in [9.17, 15) is 9.18 Å². The maximum absolute atomic E-state index is 13.7. The summed E-state index contributed by atoms with van der Waals surface area (Å²) in [5.41, 5.74) is 0.168. The zero-order valence-electron chi connectivity index (χ0n) is 11.9. The van der Waals surface area contributed by atoms with E-state index in [1.54, 1.807) is 12.1 Å². The second-order valence-corrected chi connectivity index (χ2v) is 6.02. The third-order valence-electron chi connectivity index (χ3n) is 3.65. The minimum Gasteiger partial charge on any atom is -0.298 e. The summed E-state index contributed by atoms with van der Waals surface area (Å²) in [7, 11) is 0. The maximum atomic E-state index is 13.7. The van der Waals surface area contributed by atoms with Gasteiger partial charge in [0.05, 0.1) is 6.07 Å². The lowest BCUT2D eigenvalue weighted by molar-refractivity contribution is -0.121. The highest BCUT2D eigenvalue weighted by atomic mass is 19.1. The van der Waals surface area contributed by atoms with Gasteiger partial charge < -0.3 is 0 Å². The van der Waals surface area contributed by atoms with Crippen LogP contribution in [0.15, 0.2) is 24.3 Å². The summed E-state index contributed by atoms with van der Waals surface area (Å²) < 4.78 is 13.7. The van der Waals surface area contributed by atoms with Crippen molar-refractivity contribution in [1.29, 1.82) is 5.26 Å². The van der Waals surface area contributed by atoms with Crippen LogP contribution in [0.4, 0.5) is 4.39 Å². The fraction of sp³-hybridized carbons (Fsp3) is 0.500. The standard InChI is InChI=1S/C16H20FNO/c1-11(16(2,3)4)9-15(19)13(10-18)12-7-5-6-8-14(12)17/h5-8,11,13H,9H2,1-4H3. The molecule has 0 aliphatic carbocycles. The van der Waals surface area contributed by atoms with Crippen LogP contribution in [-0.2, 0) is 4.79 Å². The van der Waals surface area contributed by atoms with Gasteiger partial charge in [-0.1, -0.05) is 45.9 Å². The fourth-order valence-corrected chi connectivity index (χ4v) is 1.75. The minimum absolute atomic E-state index is 0.00903. The van der Waals surface area contributed by atoms with E-state index in [-0.39, 0.29) is 29.1 Å². The number of hydrogen-bond donors (Lipinski definition) is 0. The first-order valence-corrected chi connectivity index (χ1v) is 6.44. The van der Waals surface area contributed by atoms with Crippen molar-refractivity contribution >= 4 is 5.78 Å². The van der Waals surface area contributed by atoms with Crippen molar-refractivity contribution < 1.29 is 9.18 Å². The molecular weight excluding hydrogens is 241 g/mol. The fourth-order valence-electron chi connectivity index (χ4n) is 1.75. The van der Waals surface area contributed by atoms with E-state index in [1.165, 1.54) is 12.1 Å². The van der Waals surface area contributed by atoms with Crippen LogP contribution >= 0.6 is 0 Å². The number of halogens is 1. The molecule has 3 heteroatoms. The molecule has 2 unspecified atom stereocenters. The van der Waals surface area contributed by atoms with E-state index in [4.69, 9.17) is 5.26 Å². The largest absolute Gasteiger partial charge is 0.298 e. The van der Waals surface area contributed by atoms with Gasteiger partial charge in [0, 0.05) is 12.0 Å². The van der Waals surface area contributed by atoms with Gasteiger partial charge in [-0.15, -0.1) is 0 Å². The van der Waals surface area contributed by atoms with E-state index < -0.39 is 11.7 Å². The van der Waals surface area contributed by atoms with Crippen LogP contribution in [0.1, 0.15) is 45.6 Å². The SMILES string of the molecule is CC(CC(=O)C(C#N)c1ccccc1F)C(C)(C)C. The molecule has 0 N–H and O–H groups in total. The van der Waals surface area contributed by atoms with Gasteiger partial charge in [0.25, 0.3) is 0 Å². The number of carbonyl (C=O) groups excluding carboxylic acids is 1. The highest BCUT2D eigenvalue weighted by Gasteiger charge is 2.28. The molecule has 0 amide bonds. The number of nitriles is 1. The van der Waals surface area contributed by atoms with Crippen molar-refractivity contribution in [1.82, 2.24) is 0 Å². The van der Waals surface area contributed by atoms with Gasteiger partial charge in [-0.3, -0.25) is 4.79 Å². The van der Waals surface area contributed by atoms with E-state index in [0.717, 1.165) is 0 Å². The van der Waals surface area contributed by atoms with Crippen molar-refractivity contribution in [2.24, 2.45) is 11.3 Å². The van der Waals surface area contributed by atoms with E-state index in [2.05, 4.69) is 20.8 Å². The monoisotopic (exact) mass is 261 g/mol. The summed E-state index contributed by atoms with van der Waals surface area (Å²) in [5, 5.41) is 9.15. The van der Waals surface area contributed by atoms with Crippen molar-refractivity contribution in [2.45, 2.75) is 40.0 Å². The first-order valence-electron chi connectivity index (χ1n) is 6.44. The Labute approximate surface area is 114 Å². The lowest BCUT2D eigenvalue weighted by Crippen LogP contribution is -2.23. The quantitative estimate of drug-likeness (QED) is 0.819. The van der Waals surface area contributed by atoms with Crippen molar-refractivity contribution in [3.63, 3.8) is 0 Å². The molecule has 1 aromatic carbocycles. The summed E-state index contributed by atoms with van der Waals surface area (Å²) in [4.78, 5) is 12.2. The number of Topliss-reactive ketones (excluding diaryl/α,β-unsaturated/α-hetero) is 1. The number of hydrogen-bond acceptors (Lipinski definition) is 2. The number of ketones is 1. The Morgan fingerprint density at radius 1 is 1.37 bits per heavy atom. The molecule has 1 aromatic rings. The van der Waals surface area contributed by atoms with Crippen molar-refractivity contribution in [3.8, 4) is 6.07 Å². The van der Waals surface area contributed by atoms with Gasteiger partial charge in [-0.05, 0) is 17.4 Å². The zero-order valence-corrected chi connectivity index (χ0v) is 11.9. The zero-order chi connectivity index (χ0) is 14.6. The van der Waals surface area contributed by atoms with E-state index >= 15 is 0 Å². The Morgan fingerprint density at radius 3 is 2.42 bits per heavy atom. The molecule has 0 fully saturated rings. The first-order chi connectivity index (χ1) is 8.77. The normalized spacial score (nSPS) is 14.5. The molecule has 0 heterocycles. The smallest absolute Gasteiger partial charge is 0.154 e. The molecule has 0 aromatic heterocycles. The Bertz CT molecular complexity index is 496. The Balaban J connectivity index is 2.91. The molecule has 0 spiro atoms. The van der Waals surface area contributed by atoms with Gasteiger partial charge in [0.15, 0.2) is 5.78 Å². The summed E-state index contributed by atoms with van der Waals surface area (Å²) in [5.74, 6) is -1.57. The lowest BCUT2D eigenvalue weighted by atomic mass is 9.77. The third-order valence-corrected chi connectivity index (χ3v) is 3.65. The molecule has 0 bridgehead atoms. The third kappa shape index (κ3) is 3.89. The molecular formula is C16H20FNO. The van der Waals surface area contributed by atoms with Gasteiger partial charge in [-0.25, -0.2) is 4.39 Å². The topological polar surface area (TPSA) is 40.9 Å². The molecule has 0 radical (unpaired) electrons. The second-order valence-electron chi connectivity index (χ2n) is 6.02. The van der Waals surface area contributed by atoms with Gasteiger partial charge in [0.1, 0.15) is 11.7 Å². The van der Waals surface area contributed by atoms with Crippen molar-refractivity contribution in [3.05, 3.63) is 35.6 Å². The second kappa shape index (κ2) is 5.97.